The highest BCUT2D eigenvalue weighted by atomic mass is 16.5. The molecule has 1 saturated heterocycles. The van der Waals surface area contributed by atoms with Gasteiger partial charge in [0.2, 0.25) is 0 Å². The molecule has 2 aliphatic heterocycles. The Morgan fingerprint density at radius 1 is 1.04 bits per heavy atom. The van der Waals surface area contributed by atoms with Gasteiger partial charge in [-0.15, -0.1) is 0 Å². The molecular formula is C19H22N4O4. The molecule has 1 unspecified atom stereocenters. The molecule has 0 spiro atoms. The van der Waals surface area contributed by atoms with Crippen LogP contribution in [0.4, 0.5) is 0 Å². The molecule has 1 aromatic carbocycles. The summed E-state index contributed by atoms with van der Waals surface area (Å²) < 4.78 is 8.98. The van der Waals surface area contributed by atoms with Crippen LogP contribution in [0.1, 0.15) is 25.3 Å². The van der Waals surface area contributed by atoms with Gasteiger partial charge in [-0.2, -0.15) is 0 Å². The molecule has 0 bridgehead atoms. The van der Waals surface area contributed by atoms with E-state index in [0.717, 1.165) is 23.8 Å². The molecule has 8 nitrogen and oxygen atoms in total. The predicted molar refractivity (Wildman–Crippen MR) is 98.8 cm³/mol. The second-order valence-electron chi connectivity index (χ2n) is 6.81. The summed E-state index contributed by atoms with van der Waals surface area (Å²) in [4.78, 5) is 40.9. The Morgan fingerprint density at radius 2 is 1.74 bits per heavy atom. The van der Waals surface area contributed by atoms with Crippen LogP contribution in [0, 0.1) is 0 Å². The number of benzene rings is 1. The van der Waals surface area contributed by atoms with Crippen molar-refractivity contribution in [3.63, 3.8) is 0 Å². The summed E-state index contributed by atoms with van der Waals surface area (Å²) in [6.07, 6.45) is 4.65. The van der Waals surface area contributed by atoms with Gasteiger partial charge in [-0.3, -0.25) is 4.79 Å². The summed E-state index contributed by atoms with van der Waals surface area (Å²) in [5, 5.41) is 0. The highest BCUT2D eigenvalue weighted by Gasteiger charge is 2.34. The maximum Gasteiger partial charge on any atom is 0.352 e. The van der Waals surface area contributed by atoms with Crippen molar-refractivity contribution in [2.45, 2.75) is 31.8 Å². The Labute approximate surface area is 155 Å². The third kappa shape index (κ3) is 2.90. The molecule has 0 radical (unpaired) electrons. The SMILES string of the molecule is COC1=CC(C(=O)N2CCCCC2)n2c(=O)n(-c3ccccc3)c(=O)n2C1. The van der Waals surface area contributed by atoms with Crippen LogP contribution in [0.5, 0.6) is 0 Å². The first-order valence-electron chi connectivity index (χ1n) is 9.15. The first kappa shape index (κ1) is 17.4. The molecule has 1 aromatic heterocycles. The quantitative estimate of drug-likeness (QED) is 0.804. The van der Waals surface area contributed by atoms with E-state index in [1.807, 2.05) is 6.07 Å². The molecule has 2 aliphatic rings. The van der Waals surface area contributed by atoms with Crippen molar-refractivity contribution in [1.29, 1.82) is 0 Å². The number of likely N-dealkylation sites (tertiary alicyclic amines) is 1. The summed E-state index contributed by atoms with van der Waals surface area (Å²) in [6.45, 7) is 1.46. The van der Waals surface area contributed by atoms with Gasteiger partial charge >= 0.3 is 11.4 Å². The minimum Gasteiger partial charge on any atom is -0.499 e. The number of para-hydroxylation sites is 1. The fourth-order valence-electron chi connectivity index (χ4n) is 3.76. The van der Waals surface area contributed by atoms with Crippen molar-refractivity contribution in [3.8, 4) is 5.69 Å². The summed E-state index contributed by atoms with van der Waals surface area (Å²) >= 11 is 0. The molecule has 4 rings (SSSR count). The lowest BCUT2D eigenvalue weighted by molar-refractivity contribution is -0.135. The maximum absolute atomic E-state index is 13.1. The third-order valence-electron chi connectivity index (χ3n) is 5.17. The number of aromatic nitrogens is 3. The molecule has 1 atom stereocenters. The lowest BCUT2D eigenvalue weighted by Gasteiger charge is -2.31. The maximum atomic E-state index is 13.1. The van der Waals surface area contributed by atoms with Crippen LogP contribution in [-0.4, -0.2) is 44.9 Å². The van der Waals surface area contributed by atoms with Crippen molar-refractivity contribution in [2.75, 3.05) is 20.2 Å². The number of hydrogen-bond donors (Lipinski definition) is 0. The van der Waals surface area contributed by atoms with E-state index < -0.39 is 17.4 Å². The van der Waals surface area contributed by atoms with Gasteiger partial charge in [0.25, 0.3) is 5.91 Å². The number of nitrogens with zero attached hydrogens (tertiary/aromatic N) is 4. The fraction of sp³-hybridized carbons (Fsp3) is 0.421. The van der Waals surface area contributed by atoms with E-state index in [0.29, 0.717) is 24.5 Å². The number of amides is 1. The molecule has 1 amide bonds. The topological polar surface area (TPSA) is 78.5 Å². The Kier molecular flexibility index (Phi) is 4.47. The number of fused-ring (bicyclic) bond motifs is 1. The number of carbonyl (C=O) groups is 1. The summed E-state index contributed by atoms with van der Waals surface area (Å²) in [5.74, 6) is 0.322. The monoisotopic (exact) mass is 370 g/mol. The van der Waals surface area contributed by atoms with Crippen LogP contribution in [0.2, 0.25) is 0 Å². The molecule has 142 valence electrons. The smallest absolute Gasteiger partial charge is 0.352 e. The van der Waals surface area contributed by atoms with E-state index in [1.165, 1.54) is 16.5 Å². The van der Waals surface area contributed by atoms with Gasteiger partial charge in [0.05, 0.1) is 12.8 Å². The second kappa shape index (κ2) is 6.94. The van der Waals surface area contributed by atoms with Crippen LogP contribution in [0.15, 0.2) is 51.8 Å². The van der Waals surface area contributed by atoms with Crippen molar-refractivity contribution in [1.82, 2.24) is 18.8 Å². The van der Waals surface area contributed by atoms with E-state index in [2.05, 4.69) is 0 Å². The molecule has 1 fully saturated rings. The summed E-state index contributed by atoms with van der Waals surface area (Å²) in [5.41, 5.74) is -0.525. The molecule has 8 heteroatoms. The van der Waals surface area contributed by atoms with Gasteiger partial charge < -0.3 is 9.64 Å². The van der Waals surface area contributed by atoms with Crippen LogP contribution in [0.3, 0.4) is 0 Å². The van der Waals surface area contributed by atoms with E-state index in [-0.39, 0.29) is 12.5 Å². The lowest BCUT2D eigenvalue weighted by atomic mass is 10.1. The highest BCUT2D eigenvalue weighted by molar-refractivity contribution is 5.82. The van der Waals surface area contributed by atoms with Crippen molar-refractivity contribution < 1.29 is 9.53 Å². The summed E-state index contributed by atoms with van der Waals surface area (Å²) in [7, 11) is 1.50. The zero-order valence-corrected chi connectivity index (χ0v) is 15.2. The Morgan fingerprint density at radius 3 is 2.41 bits per heavy atom. The normalized spacial score (nSPS) is 19.4. The molecule has 0 N–H and O–H groups in total. The van der Waals surface area contributed by atoms with Crippen molar-refractivity contribution in [3.05, 3.63) is 63.1 Å². The zero-order chi connectivity index (χ0) is 19.0. The van der Waals surface area contributed by atoms with E-state index in [9.17, 15) is 14.4 Å². The van der Waals surface area contributed by atoms with Crippen molar-refractivity contribution >= 4 is 5.91 Å². The lowest BCUT2D eigenvalue weighted by Crippen LogP contribution is -2.45. The molecular weight excluding hydrogens is 348 g/mol. The van der Waals surface area contributed by atoms with Gasteiger partial charge in [0, 0.05) is 13.1 Å². The number of rotatable bonds is 3. The van der Waals surface area contributed by atoms with Crippen LogP contribution in [-0.2, 0) is 16.1 Å². The zero-order valence-electron chi connectivity index (χ0n) is 15.2. The number of methoxy groups -OCH3 is 1. The summed E-state index contributed by atoms with van der Waals surface area (Å²) in [6, 6.07) is 7.85. The second-order valence-corrected chi connectivity index (χ2v) is 6.81. The van der Waals surface area contributed by atoms with E-state index in [1.54, 1.807) is 35.2 Å². The third-order valence-corrected chi connectivity index (χ3v) is 5.17. The van der Waals surface area contributed by atoms with E-state index in [4.69, 9.17) is 4.74 Å². The van der Waals surface area contributed by atoms with Crippen LogP contribution < -0.4 is 11.4 Å². The fourth-order valence-corrected chi connectivity index (χ4v) is 3.76. The molecule has 2 aromatic rings. The number of piperidine rings is 1. The number of hydrogen-bond acceptors (Lipinski definition) is 4. The highest BCUT2D eigenvalue weighted by Crippen LogP contribution is 2.21. The first-order chi connectivity index (χ1) is 13.1. The van der Waals surface area contributed by atoms with Gasteiger partial charge in [0.1, 0.15) is 12.3 Å². The largest absolute Gasteiger partial charge is 0.499 e. The van der Waals surface area contributed by atoms with E-state index >= 15 is 0 Å². The Hall–Kier alpha value is -3.03. The first-order valence-corrected chi connectivity index (χ1v) is 9.15. The number of ether oxygens (including phenoxy) is 1. The van der Waals surface area contributed by atoms with Gasteiger partial charge in [-0.25, -0.2) is 23.5 Å². The predicted octanol–water partition coefficient (Wildman–Crippen LogP) is 0.898. The minimum absolute atomic E-state index is 0.119. The molecule has 0 saturated carbocycles. The van der Waals surface area contributed by atoms with Gasteiger partial charge in [-0.05, 0) is 37.5 Å². The minimum atomic E-state index is -0.878. The van der Waals surface area contributed by atoms with Crippen molar-refractivity contribution in [2.24, 2.45) is 0 Å². The average molecular weight is 370 g/mol. The Balaban J connectivity index is 1.84. The average Bonchev–Trinajstić information content (AvgIpc) is 2.98. The van der Waals surface area contributed by atoms with Crippen LogP contribution in [0.25, 0.3) is 5.69 Å². The van der Waals surface area contributed by atoms with Gasteiger partial charge in [0.15, 0.2) is 6.04 Å². The number of allylic oxidation sites excluding steroid dienone is 1. The Bertz CT molecular complexity index is 993. The standard InChI is InChI=1S/C19H22N4O4/c1-27-15-12-16(17(24)20-10-6-3-7-11-20)23-19(26)22(18(25)21(23)13-15)14-8-4-2-5-9-14/h2,4-5,8-9,12,16H,3,6-7,10-11,13H2,1H3. The molecule has 27 heavy (non-hydrogen) atoms. The molecule has 0 aliphatic carbocycles. The van der Waals surface area contributed by atoms with Gasteiger partial charge in [-0.1, -0.05) is 18.2 Å². The number of carbonyl (C=O) groups excluding carboxylic acids is 1. The molecule has 3 heterocycles. The van der Waals surface area contributed by atoms with Crippen LogP contribution >= 0.6 is 0 Å².